The van der Waals surface area contributed by atoms with Crippen LogP contribution >= 0.6 is 0 Å². The van der Waals surface area contributed by atoms with Gasteiger partial charge in [0.25, 0.3) is 0 Å². The zero-order valence-electron chi connectivity index (χ0n) is 11.9. The minimum atomic E-state index is -4.06. The highest BCUT2D eigenvalue weighted by molar-refractivity contribution is 4.84. The van der Waals surface area contributed by atoms with E-state index in [1.54, 1.807) is 6.92 Å². The molecule has 0 radical (unpaired) electrons. The summed E-state index contributed by atoms with van der Waals surface area (Å²) in [6.45, 7) is 8.37. The van der Waals surface area contributed by atoms with Crippen molar-refractivity contribution in [2.24, 2.45) is 11.3 Å². The highest BCUT2D eigenvalue weighted by Gasteiger charge is 2.33. The fourth-order valence-corrected chi connectivity index (χ4v) is 2.93. The van der Waals surface area contributed by atoms with Gasteiger partial charge in [0, 0.05) is 12.1 Å². The smallest absolute Gasteiger partial charge is 0.311 e. The van der Waals surface area contributed by atoms with E-state index in [4.69, 9.17) is 0 Å². The highest BCUT2D eigenvalue weighted by Crippen LogP contribution is 2.38. The van der Waals surface area contributed by atoms with Crippen molar-refractivity contribution in [3.63, 3.8) is 0 Å². The highest BCUT2D eigenvalue weighted by atomic mass is 19.4. The minimum Gasteiger partial charge on any atom is -0.311 e. The van der Waals surface area contributed by atoms with Crippen LogP contribution in [0, 0.1) is 11.3 Å². The summed E-state index contributed by atoms with van der Waals surface area (Å²) < 4.78 is 36.7. The van der Waals surface area contributed by atoms with Crippen molar-refractivity contribution in [2.45, 2.75) is 78.1 Å². The lowest BCUT2D eigenvalue weighted by molar-refractivity contribution is -0.139. The molecule has 0 aromatic carbocycles. The van der Waals surface area contributed by atoms with E-state index in [2.05, 4.69) is 26.1 Å². The Hall–Kier alpha value is -0.250. The Morgan fingerprint density at radius 2 is 1.56 bits per heavy atom. The summed E-state index contributed by atoms with van der Waals surface area (Å²) in [5.74, 6) is 0.702. The largest absolute Gasteiger partial charge is 0.390 e. The molecule has 1 aliphatic rings. The van der Waals surface area contributed by atoms with E-state index in [0.29, 0.717) is 11.3 Å². The molecule has 0 aliphatic heterocycles. The molecule has 1 rings (SSSR count). The van der Waals surface area contributed by atoms with Crippen molar-refractivity contribution in [1.29, 1.82) is 0 Å². The minimum absolute atomic E-state index is 0.265. The molecular weight excluding hydrogens is 239 g/mol. The Balaban J connectivity index is 2.32. The van der Waals surface area contributed by atoms with Gasteiger partial charge in [-0.25, -0.2) is 0 Å². The Labute approximate surface area is 109 Å². The van der Waals surface area contributed by atoms with Crippen LogP contribution < -0.4 is 5.32 Å². The van der Waals surface area contributed by atoms with Gasteiger partial charge >= 0.3 is 6.18 Å². The second-order valence-corrected chi connectivity index (χ2v) is 6.80. The first-order chi connectivity index (χ1) is 8.08. The van der Waals surface area contributed by atoms with E-state index < -0.39 is 18.6 Å². The summed E-state index contributed by atoms with van der Waals surface area (Å²) in [5, 5.41) is 3.13. The maximum atomic E-state index is 12.2. The van der Waals surface area contributed by atoms with Crippen molar-refractivity contribution in [2.75, 3.05) is 0 Å². The van der Waals surface area contributed by atoms with Crippen LogP contribution in [0.1, 0.15) is 59.8 Å². The molecule has 0 aromatic rings. The van der Waals surface area contributed by atoms with E-state index in [9.17, 15) is 13.2 Å². The number of halogens is 3. The molecule has 0 aromatic heterocycles. The summed E-state index contributed by atoms with van der Waals surface area (Å²) in [7, 11) is 0. The number of alkyl halides is 3. The second kappa shape index (κ2) is 5.81. The molecular formula is C14H26F3N. The average Bonchev–Trinajstić information content (AvgIpc) is 2.13. The lowest BCUT2D eigenvalue weighted by atomic mass is 9.71. The number of rotatable bonds is 3. The van der Waals surface area contributed by atoms with Crippen LogP contribution in [0.15, 0.2) is 0 Å². The molecule has 1 N–H and O–H groups in total. The maximum Gasteiger partial charge on any atom is 0.390 e. The third-order valence-electron chi connectivity index (χ3n) is 4.01. The zero-order valence-corrected chi connectivity index (χ0v) is 11.9. The first-order valence-electron chi connectivity index (χ1n) is 6.91. The van der Waals surface area contributed by atoms with Crippen LogP contribution in [0.25, 0.3) is 0 Å². The van der Waals surface area contributed by atoms with Gasteiger partial charge in [-0.1, -0.05) is 20.8 Å². The summed E-state index contributed by atoms with van der Waals surface area (Å²) in [6, 6.07) is -0.206. The van der Waals surface area contributed by atoms with Crippen LogP contribution in [0.2, 0.25) is 0 Å². The molecule has 1 unspecified atom stereocenters. The number of nitrogens with one attached hydrogen (secondary N) is 1. The van der Waals surface area contributed by atoms with E-state index in [0.717, 1.165) is 25.7 Å². The van der Waals surface area contributed by atoms with Gasteiger partial charge in [0.05, 0.1) is 6.42 Å². The molecule has 0 amide bonds. The van der Waals surface area contributed by atoms with E-state index in [1.165, 1.54) is 0 Å². The van der Waals surface area contributed by atoms with Gasteiger partial charge in [0.15, 0.2) is 0 Å². The quantitative estimate of drug-likeness (QED) is 0.791. The Morgan fingerprint density at radius 1 is 1.06 bits per heavy atom. The fourth-order valence-electron chi connectivity index (χ4n) is 2.93. The van der Waals surface area contributed by atoms with Gasteiger partial charge in [-0.2, -0.15) is 13.2 Å². The topological polar surface area (TPSA) is 12.0 Å². The Kier molecular flexibility index (Phi) is 5.10. The molecule has 18 heavy (non-hydrogen) atoms. The molecule has 1 nitrogen and oxygen atoms in total. The Bertz CT molecular complexity index is 247. The van der Waals surface area contributed by atoms with Crippen molar-refractivity contribution < 1.29 is 13.2 Å². The van der Waals surface area contributed by atoms with Gasteiger partial charge in [-0.3, -0.25) is 0 Å². The molecule has 1 fully saturated rings. The van der Waals surface area contributed by atoms with Gasteiger partial charge in [0.2, 0.25) is 0 Å². The predicted octanol–water partition coefficient (Wildman–Crippen LogP) is 4.52. The average molecular weight is 265 g/mol. The molecule has 1 aliphatic carbocycles. The van der Waals surface area contributed by atoms with Gasteiger partial charge in [-0.05, 0) is 43.9 Å². The van der Waals surface area contributed by atoms with Gasteiger partial charge in [-0.15, -0.1) is 0 Å². The van der Waals surface area contributed by atoms with Crippen molar-refractivity contribution >= 4 is 0 Å². The SMILES string of the molecule is CC(CC(F)(F)F)NC1CCC(C(C)(C)C)CC1. The third kappa shape index (κ3) is 5.59. The van der Waals surface area contributed by atoms with Crippen LogP contribution in [0.5, 0.6) is 0 Å². The van der Waals surface area contributed by atoms with Crippen LogP contribution in [-0.4, -0.2) is 18.3 Å². The van der Waals surface area contributed by atoms with Crippen molar-refractivity contribution in [3.8, 4) is 0 Å². The fraction of sp³-hybridized carbons (Fsp3) is 1.00. The third-order valence-corrected chi connectivity index (χ3v) is 4.01. The molecule has 0 bridgehead atoms. The van der Waals surface area contributed by atoms with Crippen LogP contribution in [0.3, 0.4) is 0 Å². The summed E-state index contributed by atoms with van der Waals surface area (Å²) in [4.78, 5) is 0. The number of hydrogen-bond acceptors (Lipinski definition) is 1. The van der Waals surface area contributed by atoms with E-state index in [1.807, 2.05) is 0 Å². The first-order valence-corrected chi connectivity index (χ1v) is 6.91. The second-order valence-electron chi connectivity index (χ2n) is 6.80. The number of hydrogen-bond donors (Lipinski definition) is 1. The standard InChI is InChI=1S/C14H26F3N/c1-10(9-14(15,16)17)18-12-7-5-11(6-8-12)13(2,3)4/h10-12,18H,5-9H2,1-4H3. The predicted molar refractivity (Wildman–Crippen MR) is 68.5 cm³/mol. The molecule has 1 atom stereocenters. The molecule has 4 heteroatoms. The molecule has 1 saturated carbocycles. The first kappa shape index (κ1) is 15.8. The monoisotopic (exact) mass is 265 g/mol. The van der Waals surface area contributed by atoms with Gasteiger partial charge in [0.1, 0.15) is 0 Å². The molecule has 0 spiro atoms. The lowest BCUT2D eigenvalue weighted by Gasteiger charge is -2.38. The zero-order chi connectivity index (χ0) is 14.0. The summed E-state index contributed by atoms with van der Waals surface area (Å²) in [6.07, 6.45) is -0.532. The van der Waals surface area contributed by atoms with Crippen LogP contribution in [0.4, 0.5) is 13.2 Å². The Morgan fingerprint density at radius 3 is 1.94 bits per heavy atom. The van der Waals surface area contributed by atoms with Gasteiger partial charge < -0.3 is 5.32 Å². The normalized spacial score (nSPS) is 28.2. The van der Waals surface area contributed by atoms with E-state index in [-0.39, 0.29) is 6.04 Å². The lowest BCUT2D eigenvalue weighted by Crippen LogP contribution is -2.42. The van der Waals surface area contributed by atoms with Crippen LogP contribution in [-0.2, 0) is 0 Å². The molecule has 0 saturated heterocycles. The summed E-state index contributed by atoms with van der Waals surface area (Å²) >= 11 is 0. The molecule has 0 heterocycles. The van der Waals surface area contributed by atoms with Crippen molar-refractivity contribution in [3.05, 3.63) is 0 Å². The van der Waals surface area contributed by atoms with Crippen molar-refractivity contribution in [1.82, 2.24) is 5.32 Å². The molecule has 108 valence electrons. The maximum absolute atomic E-state index is 12.2. The summed E-state index contributed by atoms with van der Waals surface area (Å²) in [5.41, 5.74) is 0.322. The van der Waals surface area contributed by atoms with E-state index >= 15 is 0 Å².